The van der Waals surface area contributed by atoms with Gasteiger partial charge in [0, 0.05) is 18.2 Å². The Bertz CT molecular complexity index is 1590. The smallest absolute Gasteiger partial charge is 0.303 e. The van der Waals surface area contributed by atoms with E-state index < -0.39 is 27.4 Å². The van der Waals surface area contributed by atoms with Gasteiger partial charge in [-0.2, -0.15) is 0 Å². The van der Waals surface area contributed by atoms with Crippen molar-refractivity contribution in [3.8, 4) is 22.5 Å². The van der Waals surface area contributed by atoms with Crippen LogP contribution in [0.4, 0.5) is 8.78 Å². The lowest BCUT2D eigenvalue weighted by Crippen LogP contribution is -2.16. The predicted molar refractivity (Wildman–Crippen MR) is 137 cm³/mol. The number of hydrogen-bond donors (Lipinski definition) is 2. The summed E-state index contributed by atoms with van der Waals surface area (Å²) < 4.78 is 54.0. The molecule has 2 N–H and O–H groups in total. The quantitative estimate of drug-likeness (QED) is 0.307. The number of benzene rings is 3. The maximum atomic E-state index is 15.2. The molecule has 0 saturated heterocycles. The van der Waals surface area contributed by atoms with Crippen LogP contribution in [0.1, 0.15) is 43.6 Å². The third-order valence-corrected chi connectivity index (χ3v) is 8.33. The summed E-state index contributed by atoms with van der Waals surface area (Å²) in [6, 6.07) is 14.8. The predicted octanol–water partition coefficient (Wildman–Crippen LogP) is 6.33. The average molecular weight is 525 g/mol. The Morgan fingerprint density at radius 3 is 2.27 bits per heavy atom. The van der Waals surface area contributed by atoms with Crippen LogP contribution in [-0.2, 0) is 14.6 Å². The summed E-state index contributed by atoms with van der Waals surface area (Å²) >= 11 is 0. The lowest BCUT2D eigenvalue weighted by molar-refractivity contribution is -0.138. The van der Waals surface area contributed by atoms with Crippen LogP contribution in [0.3, 0.4) is 0 Å². The molecule has 0 atom stereocenters. The molecule has 0 spiro atoms. The molecule has 0 unspecified atom stereocenters. The first kappa shape index (κ1) is 25.1. The first-order valence-electron chi connectivity index (χ1n) is 12.1. The molecule has 0 amide bonds. The van der Waals surface area contributed by atoms with Crippen molar-refractivity contribution >= 4 is 26.8 Å². The first-order valence-corrected chi connectivity index (χ1v) is 14.0. The van der Waals surface area contributed by atoms with E-state index in [0.29, 0.717) is 22.5 Å². The van der Waals surface area contributed by atoms with Crippen LogP contribution in [0.2, 0.25) is 0 Å². The van der Waals surface area contributed by atoms with Gasteiger partial charge in [0.15, 0.2) is 21.5 Å². The summed E-state index contributed by atoms with van der Waals surface area (Å²) in [6.07, 6.45) is 4.88. The number of nitrogens with zero attached hydrogens (tertiary/aromatic N) is 1. The molecule has 4 aromatic rings. The summed E-state index contributed by atoms with van der Waals surface area (Å²) in [5, 5.41) is 9.00. The summed E-state index contributed by atoms with van der Waals surface area (Å²) in [4.78, 5) is 18.3. The third-order valence-electron chi connectivity index (χ3n) is 7.22. The van der Waals surface area contributed by atoms with Gasteiger partial charge in [-0.3, -0.25) is 4.79 Å². The largest absolute Gasteiger partial charge is 0.481 e. The van der Waals surface area contributed by atoms with E-state index in [1.165, 1.54) is 30.3 Å². The van der Waals surface area contributed by atoms with E-state index in [1.807, 2.05) is 12.1 Å². The Labute approximate surface area is 213 Å². The molecule has 6 nitrogen and oxygen atoms in total. The number of rotatable bonds is 6. The number of halogens is 2. The number of aromatic nitrogens is 2. The molecule has 37 heavy (non-hydrogen) atoms. The van der Waals surface area contributed by atoms with Crippen LogP contribution in [0.25, 0.3) is 33.5 Å². The molecular weight excluding hydrogens is 498 g/mol. The Kier molecular flexibility index (Phi) is 6.58. The highest BCUT2D eigenvalue weighted by Crippen LogP contribution is 2.38. The second-order valence-electron chi connectivity index (χ2n) is 9.76. The van der Waals surface area contributed by atoms with E-state index in [9.17, 15) is 13.2 Å². The Morgan fingerprint density at radius 2 is 1.62 bits per heavy atom. The standard InChI is InChI=1S/C28H26F2N2O4S/c1-37(35,36)20-10-13-23-24(15-20)32-28(31-23)22-12-11-21(26(29)27(22)30)19-8-6-18(7-9-19)17-4-2-16(3-5-17)14-25(33)34/h6-13,15-17H,2-5,14H2,1H3,(H,31,32)(H,33,34). The normalized spacial score (nSPS) is 18.2. The maximum absolute atomic E-state index is 15.2. The molecule has 0 bridgehead atoms. The summed E-state index contributed by atoms with van der Waals surface area (Å²) in [7, 11) is -3.42. The number of nitrogens with one attached hydrogen (secondary N) is 1. The summed E-state index contributed by atoms with van der Waals surface area (Å²) in [6.45, 7) is 0. The van der Waals surface area contributed by atoms with Gasteiger partial charge in [0.25, 0.3) is 0 Å². The lowest BCUT2D eigenvalue weighted by Gasteiger charge is -2.28. The number of carboxylic acid groups (broad SMARTS) is 1. The highest BCUT2D eigenvalue weighted by Gasteiger charge is 2.24. The van der Waals surface area contributed by atoms with Crippen molar-refractivity contribution in [3.63, 3.8) is 0 Å². The zero-order valence-electron chi connectivity index (χ0n) is 20.2. The van der Waals surface area contributed by atoms with Crippen LogP contribution < -0.4 is 0 Å². The minimum Gasteiger partial charge on any atom is -0.481 e. The van der Waals surface area contributed by atoms with Gasteiger partial charge >= 0.3 is 5.97 Å². The van der Waals surface area contributed by atoms with E-state index >= 15 is 8.78 Å². The number of aromatic amines is 1. The summed E-state index contributed by atoms with van der Waals surface area (Å²) in [5.41, 5.74) is 2.61. The van der Waals surface area contributed by atoms with Gasteiger partial charge < -0.3 is 10.1 Å². The van der Waals surface area contributed by atoms with Crippen LogP contribution >= 0.6 is 0 Å². The zero-order chi connectivity index (χ0) is 26.3. The molecule has 1 aliphatic carbocycles. The van der Waals surface area contributed by atoms with Gasteiger partial charge in [-0.15, -0.1) is 0 Å². The van der Waals surface area contributed by atoms with Gasteiger partial charge in [-0.1, -0.05) is 30.3 Å². The molecule has 0 aliphatic heterocycles. The van der Waals surface area contributed by atoms with E-state index in [1.54, 1.807) is 12.1 Å². The highest BCUT2D eigenvalue weighted by molar-refractivity contribution is 7.90. The molecule has 1 aliphatic rings. The van der Waals surface area contributed by atoms with Crippen molar-refractivity contribution in [2.75, 3.05) is 6.26 Å². The fourth-order valence-corrected chi connectivity index (χ4v) is 5.83. The monoisotopic (exact) mass is 524 g/mol. The van der Waals surface area contributed by atoms with Gasteiger partial charge in [0.1, 0.15) is 5.82 Å². The van der Waals surface area contributed by atoms with E-state index in [-0.39, 0.29) is 34.2 Å². The van der Waals surface area contributed by atoms with Crippen LogP contribution in [0.5, 0.6) is 0 Å². The van der Waals surface area contributed by atoms with Crippen LogP contribution in [0.15, 0.2) is 59.5 Å². The first-order chi connectivity index (χ1) is 17.6. The second-order valence-corrected chi connectivity index (χ2v) is 11.8. The van der Waals surface area contributed by atoms with Gasteiger partial charge in [-0.05, 0) is 72.9 Å². The van der Waals surface area contributed by atoms with Gasteiger partial charge in [-0.25, -0.2) is 22.2 Å². The molecule has 0 radical (unpaired) electrons. The minimum absolute atomic E-state index is 0.0481. The van der Waals surface area contributed by atoms with Crippen molar-refractivity contribution in [2.24, 2.45) is 5.92 Å². The topological polar surface area (TPSA) is 100 Å². The van der Waals surface area contributed by atoms with Gasteiger partial charge in [0.05, 0.1) is 21.5 Å². The highest BCUT2D eigenvalue weighted by atomic mass is 32.2. The van der Waals surface area contributed by atoms with Crippen LogP contribution in [0, 0.1) is 17.6 Å². The molecule has 1 heterocycles. The average Bonchev–Trinajstić information content (AvgIpc) is 3.29. The Morgan fingerprint density at radius 1 is 0.973 bits per heavy atom. The van der Waals surface area contributed by atoms with Crippen molar-refractivity contribution in [1.29, 1.82) is 0 Å². The molecular formula is C28H26F2N2O4S. The molecule has 3 aromatic carbocycles. The number of imidazole rings is 1. The lowest BCUT2D eigenvalue weighted by atomic mass is 9.77. The fraction of sp³-hybridized carbons (Fsp3) is 0.286. The van der Waals surface area contributed by atoms with E-state index in [4.69, 9.17) is 5.11 Å². The molecule has 192 valence electrons. The number of sulfone groups is 1. The third kappa shape index (κ3) is 5.13. The van der Waals surface area contributed by atoms with Gasteiger partial charge in [0.2, 0.25) is 0 Å². The number of aliphatic carboxylic acids is 1. The number of carboxylic acids is 1. The SMILES string of the molecule is CS(=O)(=O)c1ccc2nc(-c3ccc(-c4ccc(C5CCC(CC(=O)O)CC5)cc4)c(F)c3F)[nH]c2c1. The number of H-pyrrole nitrogens is 1. The maximum Gasteiger partial charge on any atom is 0.303 e. The minimum atomic E-state index is -3.42. The zero-order valence-corrected chi connectivity index (χ0v) is 21.0. The fourth-order valence-electron chi connectivity index (χ4n) is 5.18. The van der Waals surface area contributed by atoms with Crippen LogP contribution in [-0.4, -0.2) is 35.7 Å². The van der Waals surface area contributed by atoms with E-state index in [2.05, 4.69) is 9.97 Å². The number of hydrogen-bond acceptors (Lipinski definition) is 4. The Hall–Kier alpha value is -3.59. The van der Waals surface area contributed by atoms with Crippen molar-refractivity contribution in [3.05, 3.63) is 71.8 Å². The van der Waals surface area contributed by atoms with Crippen molar-refractivity contribution in [2.45, 2.75) is 42.9 Å². The number of fused-ring (bicyclic) bond motifs is 1. The second kappa shape index (κ2) is 9.70. The molecule has 5 rings (SSSR count). The molecule has 1 saturated carbocycles. The number of carbonyl (C=O) groups is 1. The summed E-state index contributed by atoms with van der Waals surface area (Å²) in [5.74, 6) is -2.12. The molecule has 1 aromatic heterocycles. The molecule has 9 heteroatoms. The Balaban J connectivity index is 1.37. The van der Waals surface area contributed by atoms with E-state index in [0.717, 1.165) is 37.5 Å². The van der Waals surface area contributed by atoms with Crippen molar-refractivity contribution in [1.82, 2.24) is 9.97 Å². The van der Waals surface area contributed by atoms with Crippen molar-refractivity contribution < 1.29 is 27.1 Å². The molecule has 1 fully saturated rings.